The molecule has 3 nitrogen and oxygen atoms in total. The van der Waals surface area contributed by atoms with Crippen LogP contribution in [0.3, 0.4) is 0 Å². The highest BCUT2D eigenvalue weighted by atomic mass is 16.4. The molecular formula is C16H18O3. The first-order valence-corrected chi connectivity index (χ1v) is 6.69. The SMILES string of the molecule is CC(C)(C)c1cccc2c(C3CC3)c(C(=O)O)oc12. The minimum Gasteiger partial charge on any atom is -0.475 e. The van der Waals surface area contributed by atoms with Crippen molar-refractivity contribution < 1.29 is 14.3 Å². The van der Waals surface area contributed by atoms with Crippen molar-refractivity contribution in [3.05, 3.63) is 35.1 Å². The molecule has 0 bridgehead atoms. The van der Waals surface area contributed by atoms with Crippen molar-refractivity contribution in [1.82, 2.24) is 0 Å². The molecule has 1 aliphatic rings. The van der Waals surface area contributed by atoms with Gasteiger partial charge in [-0.2, -0.15) is 0 Å². The Morgan fingerprint density at radius 1 is 1.32 bits per heavy atom. The molecule has 2 aromatic rings. The van der Waals surface area contributed by atoms with Gasteiger partial charge in [-0.3, -0.25) is 0 Å². The summed E-state index contributed by atoms with van der Waals surface area (Å²) >= 11 is 0. The van der Waals surface area contributed by atoms with Crippen LogP contribution >= 0.6 is 0 Å². The minimum absolute atomic E-state index is 0.0615. The van der Waals surface area contributed by atoms with Gasteiger partial charge in [-0.05, 0) is 24.2 Å². The zero-order chi connectivity index (χ0) is 13.8. The molecule has 1 aromatic carbocycles. The number of furan rings is 1. The summed E-state index contributed by atoms with van der Waals surface area (Å²) in [6.45, 7) is 6.34. The molecule has 1 aliphatic carbocycles. The first kappa shape index (κ1) is 12.3. The Balaban J connectivity index is 2.34. The third-order valence-electron chi connectivity index (χ3n) is 3.74. The Morgan fingerprint density at radius 2 is 2.00 bits per heavy atom. The maximum Gasteiger partial charge on any atom is 0.372 e. The van der Waals surface area contributed by atoms with Gasteiger partial charge in [0.2, 0.25) is 5.76 Å². The fourth-order valence-corrected chi connectivity index (χ4v) is 2.67. The van der Waals surface area contributed by atoms with E-state index >= 15 is 0 Å². The third-order valence-corrected chi connectivity index (χ3v) is 3.74. The van der Waals surface area contributed by atoms with Crippen LogP contribution in [0, 0.1) is 0 Å². The van der Waals surface area contributed by atoms with Crippen LogP contribution in [-0.4, -0.2) is 11.1 Å². The van der Waals surface area contributed by atoms with Crippen molar-refractivity contribution in [2.75, 3.05) is 0 Å². The standard InChI is InChI=1S/C16H18O3/c1-16(2,3)11-6-4-5-10-12(9-7-8-9)14(15(17)18)19-13(10)11/h4-6,9H,7-8H2,1-3H3,(H,17,18). The Morgan fingerprint density at radius 3 is 2.53 bits per heavy atom. The van der Waals surface area contributed by atoms with Gasteiger partial charge in [0.1, 0.15) is 5.58 Å². The summed E-state index contributed by atoms with van der Waals surface area (Å²) in [4.78, 5) is 11.4. The van der Waals surface area contributed by atoms with Gasteiger partial charge in [-0.25, -0.2) is 4.79 Å². The number of carboxylic acids is 1. The van der Waals surface area contributed by atoms with E-state index in [-0.39, 0.29) is 11.2 Å². The number of hydrogen-bond acceptors (Lipinski definition) is 2. The molecule has 19 heavy (non-hydrogen) atoms. The van der Waals surface area contributed by atoms with Crippen LogP contribution < -0.4 is 0 Å². The lowest BCUT2D eigenvalue weighted by Crippen LogP contribution is -2.11. The summed E-state index contributed by atoms with van der Waals surface area (Å²) in [7, 11) is 0. The quantitative estimate of drug-likeness (QED) is 0.873. The Hall–Kier alpha value is -1.77. The van der Waals surface area contributed by atoms with Crippen LogP contribution in [0.5, 0.6) is 0 Å². The maximum absolute atomic E-state index is 11.4. The van der Waals surface area contributed by atoms with Gasteiger partial charge < -0.3 is 9.52 Å². The summed E-state index contributed by atoms with van der Waals surface area (Å²) in [6.07, 6.45) is 2.13. The molecule has 100 valence electrons. The van der Waals surface area contributed by atoms with Crippen LogP contribution in [0.15, 0.2) is 22.6 Å². The van der Waals surface area contributed by atoms with Crippen molar-refractivity contribution in [2.24, 2.45) is 0 Å². The van der Waals surface area contributed by atoms with Gasteiger partial charge in [0.15, 0.2) is 0 Å². The van der Waals surface area contributed by atoms with Gasteiger partial charge in [0.25, 0.3) is 0 Å². The van der Waals surface area contributed by atoms with Gasteiger partial charge >= 0.3 is 5.97 Å². The van der Waals surface area contributed by atoms with Crippen LogP contribution in [0.2, 0.25) is 0 Å². The van der Waals surface area contributed by atoms with E-state index in [1.165, 1.54) is 0 Å². The molecule has 1 aromatic heterocycles. The topological polar surface area (TPSA) is 50.4 Å². The van der Waals surface area contributed by atoms with E-state index in [0.717, 1.165) is 34.9 Å². The summed E-state index contributed by atoms with van der Waals surface area (Å²) < 4.78 is 5.72. The highest BCUT2D eigenvalue weighted by Crippen LogP contribution is 2.47. The zero-order valence-corrected chi connectivity index (χ0v) is 11.5. The van der Waals surface area contributed by atoms with Crippen molar-refractivity contribution in [3.8, 4) is 0 Å². The molecule has 3 heteroatoms. The predicted octanol–water partition coefficient (Wildman–Crippen LogP) is 4.31. The lowest BCUT2D eigenvalue weighted by molar-refractivity contribution is 0.0663. The molecule has 1 heterocycles. The van der Waals surface area contributed by atoms with E-state index in [0.29, 0.717) is 5.92 Å². The second kappa shape index (κ2) is 3.86. The summed E-state index contributed by atoms with van der Waals surface area (Å²) in [6, 6.07) is 6.00. The number of para-hydroxylation sites is 1. The van der Waals surface area contributed by atoms with E-state index < -0.39 is 5.97 Å². The Kier molecular flexibility index (Phi) is 2.49. The first-order valence-electron chi connectivity index (χ1n) is 6.69. The molecule has 1 fully saturated rings. The van der Waals surface area contributed by atoms with Gasteiger partial charge in [-0.1, -0.05) is 39.0 Å². The van der Waals surface area contributed by atoms with E-state index in [2.05, 4.69) is 20.8 Å². The normalized spacial score (nSPS) is 15.9. The molecule has 0 radical (unpaired) electrons. The molecular weight excluding hydrogens is 240 g/mol. The fraction of sp³-hybridized carbons (Fsp3) is 0.438. The van der Waals surface area contributed by atoms with E-state index in [4.69, 9.17) is 4.42 Å². The molecule has 0 saturated heterocycles. The molecule has 0 aliphatic heterocycles. The second-order valence-corrected chi connectivity index (χ2v) is 6.36. The Bertz CT molecular complexity index is 654. The smallest absolute Gasteiger partial charge is 0.372 e. The van der Waals surface area contributed by atoms with Gasteiger partial charge in [-0.15, -0.1) is 0 Å². The average molecular weight is 258 g/mol. The lowest BCUT2D eigenvalue weighted by Gasteiger charge is -2.18. The van der Waals surface area contributed by atoms with Crippen LogP contribution in [0.25, 0.3) is 11.0 Å². The Labute approximate surface area is 112 Å². The summed E-state index contributed by atoms with van der Waals surface area (Å²) in [5.41, 5.74) is 2.65. The minimum atomic E-state index is -0.960. The largest absolute Gasteiger partial charge is 0.475 e. The number of rotatable bonds is 2. The average Bonchev–Trinajstić information content (AvgIpc) is 3.06. The molecule has 0 spiro atoms. The second-order valence-electron chi connectivity index (χ2n) is 6.36. The van der Waals surface area contributed by atoms with E-state index in [9.17, 15) is 9.90 Å². The lowest BCUT2D eigenvalue weighted by atomic mass is 9.85. The van der Waals surface area contributed by atoms with Crippen molar-refractivity contribution in [1.29, 1.82) is 0 Å². The van der Waals surface area contributed by atoms with Crippen molar-refractivity contribution in [3.63, 3.8) is 0 Å². The first-order chi connectivity index (χ1) is 8.89. The predicted molar refractivity (Wildman–Crippen MR) is 73.8 cm³/mol. The van der Waals surface area contributed by atoms with Crippen LogP contribution in [-0.2, 0) is 5.41 Å². The number of benzene rings is 1. The zero-order valence-electron chi connectivity index (χ0n) is 11.5. The number of hydrogen-bond donors (Lipinski definition) is 1. The molecule has 3 rings (SSSR count). The molecule has 0 amide bonds. The van der Waals surface area contributed by atoms with Crippen LogP contribution in [0.1, 0.15) is 61.2 Å². The summed E-state index contributed by atoms with van der Waals surface area (Å²) in [5, 5.41) is 10.3. The molecule has 1 N–H and O–H groups in total. The number of aromatic carboxylic acids is 1. The van der Waals surface area contributed by atoms with Gasteiger partial charge in [0.05, 0.1) is 0 Å². The van der Waals surface area contributed by atoms with Crippen LogP contribution in [0.4, 0.5) is 0 Å². The summed E-state index contributed by atoms with van der Waals surface area (Å²) in [5.74, 6) is -0.463. The maximum atomic E-state index is 11.4. The van der Waals surface area contributed by atoms with E-state index in [1.807, 2.05) is 18.2 Å². The van der Waals surface area contributed by atoms with Gasteiger partial charge in [0, 0.05) is 16.5 Å². The number of carboxylic acid groups (broad SMARTS) is 1. The van der Waals surface area contributed by atoms with E-state index in [1.54, 1.807) is 0 Å². The fourth-order valence-electron chi connectivity index (χ4n) is 2.67. The van der Waals surface area contributed by atoms with Crippen molar-refractivity contribution in [2.45, 2.75) is 44.9 Å². The number of fused-ring (bicyclic) bond motifs is 1. The molecule has 1 saturated carbocycles. The third kappa shape index (κ3) is 1.93. The molecule has 0 unspecified atom stereocenters. The molecule has 0 atom stereocenters. The number of carbonyl (C=O) groups is 1. The van der Waals surface area contributed by atoms with Crippen molar-refractivity contribution >= 4 is 16.9 Å². The monoisotopic (exact) mass is 258 g/mol. The highest BCUT2D eigenvalue weighted by Gasteiger charge is 2.34. The highest BCUT2D eigenvalue weighted by molar-refractivity contribution is 5.97.